The van der Waals surface area contributed by atoms with Crippen molar-refractivity contribution >= 4 is 24.8 Å². The zero-order valence-corrected chi connectivity index (χ0v) is 8.17. The van der Waals surface area contributed by atoms with Crippen LogP contribution in [0.2, 0.25) is 0 Å². The van der Waals surface area contributed by atoms with E-state index in [1.165, 1.54) is 25.9 Å². The quantitative estimate of drug-likeness (QED) is 0.612. The summed E-state index contributed by atoms with van der Waals surface area (Å²) in [6, 6.07) is 0. The van der Waals surface area contributed by atoms with Gasteiger partial charge in [0, 0.05) is 27.2 Å². The molecule has 4 heteroatoms. The average molecular weight is 187 g/mol. The second-order valence-electron chi connectivity index (χ2n) is 2.51. The zero-order chi connectivity index (χ0) is 5.98. The van der Waals surface area contributed by atoms with Gasteiger partial charge >= 0.3 is 0 Å². The molecule has 1 heterocycles. The lowest BCUT2D eigenvalue weighted by Gasteiger charge is -2.22. The molecule has 64 valence electrons. The van der Waals surface area contributed by atoms with Gasteiger partial charge in [0.1, 0.15) is 0 Å². The molecule has 1 aliphatic heterocycles. The third-order valence-electron chi connectivity index (χ3n) is 1.65. The lowest BCUT2D eigenvalue weighted by Crippen LogP contribution is -2.33. The van der Waals surface area contributed by atoms with Gasteiger partial charge in [-0.2, -0.15) is 0 Å². The lowest BCUT2D eigenvalue weighted by atomic mass is 10.4. The first-order valence-corrected chi connectivity index (χ1v) is 3.23. The molecule has 1 rings (SSSR count). The molecule has 0 saturated carbocycles. The summed E-state index contributed by atoms with van der Waals surface area (Å²) in [6.45, 7) is 2.51. The summed E-state index contributed by atoms with van der Waals surface area (Å²) in [5.41, 5.74) is 0. The molecule has 0 spiro atoms. The van der Waals surface area contributed by atoms with Gasteiger partial charge in [0.2, 0.25) is 0 Å². The Kier molecular flexibility index (Phi) is 8.17. The van der Waals surface area contributed by atoms with E-state index in [9.17, 15) is 0 Å². The standard InChI is InChI=1S/C6H14N2.2ClH/c1-7(2)8-5-3-4-6-8;;/h3-6H2,1-2H3;2*1H. The van der Waals surface area contributed by atoms with Crippen LogP contribution in [0.5, 0.6) is 0 Å². The van der Waals surface area contributed by atoms with Crippen molar-refractivity contribution < 1.29 is 0 Å². The molecule has 0 amide bonds. The Hall–Kier alpha value is 0.500. The SMILES string of the molecule is CN(C)N1CCCC1.Cl.Cl. The Morgan fingerprint density at radius 1 is 1.00 bits per heavy atom. The van der Waals surface area contributed by atoms with Crippen molar-refractivity contribution in [3.05, 3.63) is 0 Å². The van der Waals surface area contributed by atoms with E-state index >= 15 is 0 Å². The number of rotatable bonds is 1. The molecular weight excluding hydrogens is 171 g/mol. The van der Waals surface area contributed by atoms with Crippen molar-refractivity contribution in [2.75, 3.05) is 27.2 Å². The minimum Gasteiger partial charge on any atom is -0.248 e. The van der Waals surface area contributed by atoms with E-state index in [0.29, 0.717) is 0 Å². The van der Waals surface area contributed by atoms with Crippen LogP contribution < -0.4 is 0 Å². The minimum absolute atomic E-state index is 0. The van der Waals surface area contributed by atoms with Crippen molar-refractivity contribution in [2.45, 2.75) is 12.8 Å². The fourth-order valence-corrected chi connectivity index (χ4v) is 1.10. The molecule has 0 aromatic carbocycles. The van der Waals surface area contributed by atoms with Gasteiger partial charge in [-0.3, -0.25) is 0 Å². The van der Waals surface area contributed by atoms with Crippen molar-refractivity contribution in [2.24, 2.45) is 0 Å². The van der Waals surface area contributed by atoms with Crippen LogP contribution in [-0.4, -0.2) is 37.2 Å². The first-order chi connectivity index (χ1) is 3.80. The molecule has 0 aliphatic carbocycles. The number of halogens is 2. The van der Waals surface area contributed by atoms with Gasteiger partial charge in [0.25, 0.3) is 0 Å². The molecular formula is C6H16Cl2N2. The van der Waals surface area contributed by atoms with Crippen LogP contribution in [-0.2, 0) is 0 Å². The highest BCUT2D eigenvalue weighted by molar-refractivity contribution is 5.85. The Balaban J connectivity index is 0. The molecule has 2 nitrogen and oxygen atoms in total. The Labute approximate surface area is 75.4 Å². The largest absolute Gasteiger partial charge is 0.248 e. The highest BCUT2D eigenvalue weighted by atomic mass is 35.5. The Morgan fingerprint density at radius 2 is 1.40 bits per heavy atom. The zero-order valence-electron chi connectivity index (χ0n) is 6.54. The van der Waals surface area contributed by atoms with Crippen LogP contribution >= 0.6 is 24.8 Å². The summed E-state index contributed by atoms with van der Waals surface area (Å²) >= 11 is 0. The first-order valence-electron chi connectivity index (χ1n) is 3.23. The van der Waals surface area contributed by atoms with Gasteiger partial charge in [0.15, 0.2) is 0 Å². The molecule has 0 atom stereocenters. The van der Waals surface area contributed by atoms with Crippen LogP contribution in [0.1, 0.15) is 12.8 Å². The average Bonchev–Trinajstić information content (AvgIpc) is 2.12. The van der Waals surface area contributed by atoms with Gasteiger partial charge in [-0.15, -0.1) is 24.8 Å². The normalized spacial score (nSPS) is 18.3. The summed E-state index contributed by atoms with van der Waals surface area (Å²) in [6.07, 6.45) is 2.75. The molecule has 0 N–H and O–H groups in total. The van der Waals surface area contributed by atoms with E-state index < -0.39 is 0 Å². The van der Waals surface area contributed by atoms with Crippen LogP contribution in [0.3, 0.4) is 0 Å². The maximum Gasteiger partial charge on any atom is 0.0133 e. The predicted molar refractivity (Wildman–Crippen MR) is 49.0 cm³/mol. The summed E-state index contributed by atoms with van der Waals surface area (Å²) < 4.78 is 0. The second-order valence-corrected chi connectivity index (χ2v) is 2.51. The predicted octanol–water partition coefficient (Wildman–Crippen LogP) is 1.40. The molecule has 0 radical (unpaired) electrons. The molecule has 0 aromatic heterocycles. The van der Waals surface area contributed by atoms with E-state index in [4.69, 9.17) is 0 Å². The second kappa shape index (κ2) is 6.23. The van der Waals surface area contributed by atoms with Gasteiger partial charge in [-0.25, -0.2) is 10.0 Å². The van der Waals surface area contributed by atoms with Crippen LogP contribution in [0.15, 0.2) is 0 Å². The molecule has 1 aliphatic rings. The molecule has 10 heavy (non-hydrogen) atoms. The Morgan fingerprint density at radius 3 is 1.60 bits per heavy atom. The molecule has 0 aromatic rings. The van der Waals surface area contributed by atoms with Crippen LogP contribution in [0.4, 0.5) is 0 Å². The van der Waals surface area contributed by atoms with Crippen LogP contribution in [0.25, 0.3) is 0 Å². The van der Waals surface area contributed by atoms with E-state index in [2.05, 4.69) is 24.1 Å². The number of hydrazine groups is 1. The first kappa shape index (κ1) is 13.1. The van der Waals surface area contributed by atoms with Gasteiger partial charge < -0.3 is 0 Å². The van der Waals surface area contributed by atoms with Crippen molar-refractivity contribution in [1.82, 2.24) is 10.0 Å². The van der Waals surface area contributed by atoms with Crippen molar-refractivity contribution in [1.29, 1.82) is 0 Å². The van der Waals surface area contributed by atoms with Gasteiger partial charge in [-0.05, 0) is 12.8 Å². The fourth-order valence-electron chi connectivity index (χ4n) is 1.10. The van der Waals surface area contributed by atoms with Gasteiger partial charge in [0.05, 0.1) is 0 Å². The van der Waals surface area contributed by atoms with Crippen LogP contribution in [0, 0.1) is 0 Å². The summed E-state index contributed by atoms with van der Waals surface area (Å²) in [5, 5.41) is 4.53. The highest BCUT2D eigenvalue weighted by Gasteiger charge is 2.11. The summed E-state index contributed by atoms with van der Waals surface area (Å²) in [7, 11) is 4.20. The lowest BCUT2D eigenvalue weighted by molar-refractivity contribution is 0.0538. The molecule has 1 saturated heterocycles. The number of hydrogen-bond acceptors (Lipinski definition) is 2. The van der Waals surface area contributed by atoms with Gasteiger partial charge in [-0.1, -0.05) is 0 Å². The highest BCUT2D eigenvalue weighted by Crippen LogP contribution is 2.06. The fraction of sp³-hybridized carbons (Fsp3) is 1.00. The van der Waals surface area contributed by atoms with E-state index in [0.717, 1.165) is 0 Å². The smallest absolute Gasteiger partial charge is 0.0133 e. The topological polar surface area (TPSA) is 6.48 Å². The van der Waals surface area contributed by atoms with Crippen molar-refractivity contribution in [3.63, 3.8) is 0 Å². The number of nitrogens with zero attached hydrogens (tertiary/aromatic N) is 2. The minimum atomic E-state index is 0. The maximum atomic E-state index is 2.36. The summed E-state index contributed by atoms with van der Waals surface area (Å²) in [5.74, 6) is 0. The van der Waals surface area contributed by atoms with E-state index in [1.807, 2.05) is 0 Å². The summed E-state index contributed by atoms with van der Waals surface area (Å²) in [4.78, 5) is 0. The monoisotopic (exact) mass is 186 g/mol. The molecule has 1 fully saturated rings. The number of hydrogen-bond donors (Lipinski definition) is 0. The third-order valence-corrected chi connectivity index (χ3v) is 1.65. The van der Waals surface area contributed by atoms with E-state index in [1.54, 1.807) is 0 Å². The maximum absolute atomic E-state index is 2.36. The molecule has 0 unspecified atom stereocenters. The third kappa shape index (κ3) is 3.62. The van der Waals surface area contributed by atoms with E-state index in [-0.39, 0.29) is 24.8 Å². The van der Waals surface area contributed by atoms with Crippen molar-refractivity contribution in [3.8, 4) is 0 Å². The molecule has 0 bridgehead atoms. The Bertz CT molecular complexity index is 72.1.